The highest BCUT2D eigenvalue weighted by Gasteiger charge is 2.14. The van der Waals surface area contributed by atoms with E-state index in [1.807, 2.05) is 74.5 Å². The fourth-order valence-corrected chi connectivity index (χ4v) is 3.27. The van der Waals surface area contributed by atoms with Gasteiger partial charge in [0, 0.05) is 31.1 Å². The van der Waals surface area contributed by atoms with Crippen molar-refractivity contribution >= 4 is 29.5 Å². The molecule has 2 aromatic heterocycles. The molecule has 0 atom stereocenters. The summed E-state index contributed by atoms with van der Waals surface area (Å²) in [7, 11) is 4.01. The third-order valence-corrected chi connectivity index (χ3v) is 5.15. The lowest BCUT2D eigenvalue weighted by molar-refractivity contribution is -0.133. The smallest absolute Gasteiger partial charge is 0.313 e. The van der Waals surface area contributed by atoms with Crippen molar-refractivity contribution in [1.29, 1.82) is 0 Å². The second-order valence-corrected chi connectivity index (χ2v) is 7.79. The van der Waals surface area contributed by atoms with E-state index in [1.54, 1.807) is 0 Å². The number of hydrogen-bond acceptors (Lipinski definition) is 6. The van der Waals surface area contributed by atoms with Crippen LogP contribution in [0.15, 0.2) is 51.3 Å². The van der Waals surface area contributed by atoms with Crippen molar-refractivity contribution in [2.24, 2.45) is 0 Å². The summed E-state index contributed by atoms with van der Waals surface area (Å²) in [5.74, 6) is 2.82. The van der Waals surface area contributed by atoms with Gasteiger partial charge in [0.25, 0.3) is 0 Å². The summed E-state index contributed by atoms with van der Waals surface area (Å²) in [5, 5.41) is 8.63. The number of hydrogen-bond donors (Lipinski definition) is 1. The van der Waals surface area contributed by atoms with Crippen molar-refractivity contribution in [2.45, 2.75) is 13.3 Å². The highest BCUT2D eigenvalue weighted by atomic mass is 32.2. The van der Waals surface area contributed by atoms with E-state index in [1.165, 1.54) is 11.8 Å². The molecule has 152 valence electrons. The number of aliphatic carboxylic acids is 1. The van der Waals surface area contributed by atoms with Gasteiger partial charge in [-0.05, 0) is 49.4 Å². The first-order valence-corrected chi connectivity index (χ1v) is 10.4. The minimum absolute atomic E-state index is 0.0966. The third kappa shape index (κ3) is 5.77. The maximum atomic E-state index is 10.5. The van der Waals surface area contributed by atoms with Gasteiger partial charge < -0.3 is 18.8 Å². The van der Waals surface area contributed by atoms with Crippen LogP contribution in [0.2, 0.25) is 0 Å². The summed E-state index contributed by atoms with van der Waals surface area (Å²) in [5.41, 5.74) is 2.90. The van der Waals surface area contributed by atoms with Gasteiger partial charge in [-0.2, -0.15) is 0 Å². The zero-order valence-electron chi connectivity index (χ0n) is 16.7. The fraction of sp³-hybridized carbons (Fsp3) is 0.273. The average molecular weight is 413 g/mol. The van der Waals surface area contributed by atoms with Crippen molar-refractivity contribution in [3.05, 3.63) is 65.4 Å². The first-order valence-electron chi connectivity index (χ1n) is 9.21. The van der Waals surface area contributed by atoms with Crippen molar-refractivity contribution in [1.82, 2.24) is 4.98 Å². The molecule has 2 heterocycles. The molecular formula is C22H24N2O4S. The van der Waals surface area contributed by atoms with Crippen molar-refractivity contribution in [3.63, 3.8) is 0 Å². The minimum Gasteiger partial charge on any atom is -0.481 e. The Morgan fingerprint density at radius 1 is 1.17 bits per heavy atom. The predicted octanol–water partition coefficient (Wildman–Crippen LogP) is 4.73. The van der Waals surface area contributed by atoms with Gasteiger partial charge in [0.05, 0.1) is 17.9 Å². The molecule has 0 saturated carbocycles. The Labute approximate surface area is 174 Å². The average Bonchev–Trinajstić information content (AvgIpc) is 3.28. The Morgan fingerprint density at radius 3 is 2.62 bits per heavy atom. The number of furan rings is 1. The molecule has 0 radical (unpaired) electrons. The van der Waals surface area contributed by atoms with E-state index in [4.69, 9.17) is 13.9 Å². The van der Waals surface area contributed by atoms with Gasteiger partial charge >= 0.3 is 5.97 Å². The number of carbonyl (C=O) groups is 1. The number of aryl methyl sites for hydroxylation is 1. The van der Waals surface area contributed by atoms with E-state index in [0.717, 1.165) is 34.2 Å². The highest BCUT2D eigenvalue weighted by Crippen LogP contribution is 2.25. The molecule has 0 saturated heterocycles. The van der Waals surface area contributed by atoms with Crippen LogP contribution >= 0.6 is 11.8 Å². The zero-order valence-corrected chi connectivity index (χ0v) is 17.5. The van der Waals surface area contributed by atoms with Gasteiger partial charge in [-0.15, -0.1) is 11.8 Å². The normalized spacial score (nSPS) is 11.3. The Hall–Kier alpha value is -2.93. The molecular weight excluding hydrogens is 388 g/mol. The molecule has 0 bridgehead atoms. The maximum absolute atomic E-state index is 10.5. The number of rotatable bonds is 9. The Kier molecular flexibility index (Phi) is 6.82. The second kappa shape index (κ2) is 9.52. The molecule has 0 fully saturated rings. The van der Waals surface area contributed by atoms with Crippen LogP contribution in [-0.4, -0.2) is 41.7 Å². The SMILES string of the molecule is Cc1oc(-c2ccc(N(C)C)cc2)nc1Cc1ccc(/C=C/CSCC(=O)O)o1. The molecule has 7 heteroatoms. The largest absolute Gasteiger partial charge is 0.481 e. The van der Waals surface area contributed by atoms with Gasteiger partial charge in [-0.3, -0.25) is 4.79 Å². The standard InChI is InChI=1S/C22H24N2O4S/c1-15-20(23-22(27-15)16-6-8-17(9-7-16)24(2)3)13-19-11-10-18(28-19)5-4-12-29-14-21(25)26/h4-11H,12-14H2,1-3H3,(H,25,26)/b5-4+. The van der Waals surface area contributed by atoms with Gasteiger partial charge in [0.1, 0.15) is 17.3 Å². The van der Waals surface area contributed by atoms with Crippen molar-refractivity contribution < 1.29 is 18.7 Å². The Morgan fingerprint density at radius 2 is 1.93 bits per heavy atom. The van der Waals surface area contributed by atoms with Gasteiger partial charge in [0.2, 0.25) is 5.89 Å². The topological polar surface area (TPSA) is 79.7 Å². The molecule has 0 aliphatic heterocycles. The van der Waals surface area contributed by atoms with Crippen LogP contribution in [-0.2, 0) is 11.2 Å². The number of anilines is 1. The number of carboxylic acids is 1. The quantitative estimate of drug-likeness (QED) is 0.509. The van der Waals surface area contributed by atoms with Crippen molar-refractivity contribution in [3.8, 4) is 11.5 Å². The van der Waals surface area contributed by atoms with E-state index in [2.05, 4.69) is 4.98 Å². The summed E-state index contributed by atoms with van der Waals surface area (Å²) >= 11 is 1.34. The summed E-state index contributed by atoms with van der Waals surface area (Å²) in [4.78, 5) is 17.2. The van der Waals surface area contributed by atoms with E-state index >= 15 is 0 Å². The number of benzene rings is 1. The first kappa shape index (κ1) is 20.8. The lowest BCUT2D eigenvalue weighted by atomic mass is 10.2. The summed E-state index contributed by atoms with van der Waals surface area (Å²) < 4.78 is 11.7. The monoisotopic (exact) mass is 412 g/mol. The molecule has 0 aliphatic carbocycles. The molecule has 0 amide bonds. The van der Waals surface area contributed by atoms with E-state index in [9.17, 15) is 4.79 Å². The Balaban J connectivity index is 1.63. The van der Waals surface area contributed by atoms with Crippen LogP contribution < -0.4 is 4.90 Å². The number of carboxylic acid groups (broad SMARTS) is 1. The number of nitrogens with zero attached hydrogens (tertiary/aromatic N) is 2. The van der Waals surface area contributed by atoms with Gasteiger partial charge in [-0.1, -0.05) is 6.08 Å². The van der Waals surface area contributed by atoms with Crippen molar-refractivity contribution in [2.75, 3.05) is 30.5 Å². The highest BCUT2D eigenvalue weighted by molar-refractivity contribution is 8.00. The molecule has 29 heavy (non-hydrogen) atoms. The minimum atomic E-state index is -0.806. The summed E-state index contributed by atoms with van der Waals surface area (Å²) in [6.45, 7) is 1.91. The summed E-state index contributed by atoms with van der Waals surface area (Å²) in [6, 6.07) is 11.9. The predicted molar refractivity (Wildman–Crippen MR) is 117 cm³/mol. The molecule has 1 N–H and O–H groups in total. The molecule has 3 aromatic rings. The summed E-state index contributed by atoms with van der Waals surface area (Å²) in [6.07, 6.45) is 4.30. The first-order chi connectivity index (χ1) is 13.9. The molecule has 0 spiro atoms. The van der Waals surface area contributed by atoms with Crippen LogP contribution in [0.4, 0.5) is 5.69 Å². The molecule has 0 unspecified atom stereocenters. The number of aromatic nitrogens is 1. The van der Waals surface area contributed by atoms with E-state index < -0.39 is 5.97 Å². The third-order valence-electron chi connectivity index (χ3n) is 4.27. The number of thioether (sulfide) groups is 1. The van der Waals surface area contributed by atoms with E-state index in [0.29, 0.717) is 18.1 Å². The van der Waals surface area contributed by atoms with Gasteiger partial charge in [0.15, 0.2) is 0 Å². The van der Waals surface area contributed by atoms with Crippen LogP contribution in [0.25, 0.3) is 17.5 Å². The van der Waals surface area contributed by atoms with Crippen LogP contribution in [0.5, 0.6) is 0 Å². The van der Waals surface area contributed by atoms with Crippen LogP contribution in [0.1, 0.15) is 23.0 Å². The number of oxazole rings is 1. The van der Waals surface area contributed by atoms with E-state index in [-0.39, 0.29) is 5.75 Å². The maximum Gasteiger partial charge on any atom is 0.313 e. The fourth-order valence-electron chi connectivity index (χ4n) is 2.74. The van der Waals surface area contributed by atoms with Gasteiger partial charge in [-0.25, -0.2) is 4.98 Å². The zero-order chi connectivity index (χ0) is 20.8. The molecule has 3 rings (SSSR count). The van der Waals surface area contributed by atoms with Crippen LogP contribution in [0.3, 0.4) is 0 Å². The molecule has 0 aliphatic rings. The lowest BCUT2D eigenvalue weighted by Gasteiger charge is -2.11. The second-order valence-electron chi connectivity index (χ2n) is 6.76. The lowest BCUT2D eigenvalue weighted by Crippen LogP contribution is -2.07. The molecule has 6 nitrogen and oxygen atoms in total. The van der Waals surface area contributed by atoms with Crippen LogP contribution in [0, 0.1) is 6.92 Å². The molecule has 1 aromatic carbocycles. The Bertz CT molecular complexity index is 987.